The third-order valence-corrected chi connectivity index (χ3v) is 6.25. The first-order valence-corrected chi connectivity index (χ1v) is 10.3. The summed E-state index contributed by atoms with van der Waals surface area (Å²) < 4.78 is 25.2. The van der Waals surface area contributed by atoms with Gasteiger partial charge in [-0.05, 0) is 35.2 Å². The van der Waals surface area contributed by atoms with Crippen molar-refractivity contribution in [1.82, 2.24) is 10.2 Å². The third-order valence-electron chi connectivity index (χ3n) is 6.25. The van der Waals surface area contributed by atoms with Crippen molar-refractivity contribution in [2.75, 3.05) is 26.3 Å². The number of hydrogen-bond acceptors (Lipinski definition) is 4. The summed E-state index contributed by atoms with van der Waals surface area (Å²) in [4.78, 5) is 15.5. The molecule has 1 N–H and O–H groups in total. The molecule has 0 aromatic heterocycles. The zero-order valence-electron chi connectivity index (χ0n) is 16.2. The number of carbonyl (C=O) groups excluding carboxylic acids is 1. The maximum Gasteiger partial charge on any atom is 0.252 e. The minimum Gasteiger partial charge on any atom is -0.373 e. The van der Waals surface area contributed by atoms with Gasteiger partial charge in [0.1, 0.15) is 11.9 Å². The van der Waals surface area contributed by atoms with Crippen LogP contribution in [-0.4, -0.2) is 55.4 Å². The number of nitrogens with one attached hydrogen (secondary N) is 1. The molecule has 3 aliphatic heterocycles. The molecule has 0 unspecified atom stereocenters. The fourth-order valence-electron chi connectivity index (χ4n) is 4.78. The van der Waals surface area contributed by atoms with Crippen LogP contribution in [0.25, 0.3) is 0 Å². The third kappa shape index (κ3) is 3.56. The second-order valence-corrected chi connectivity index (χ2v) is 7.96. The lowest BCUT2D eigenvalue weighted by Crippen LogP contribution is -2.58. The average molecular weight is 396 g/mol. The van der Waals surface area contributed by atoms with E-state index in [1.165, 1.54) is 17.7 Å². The smallest absolute Gasteiger partial charge is 0.252 e. The highest BCUT2D eigenvalue weighted by atomic mass is 19.1. The maximum absolute atomic E-state index is 13.5. The number of carbonyl (C=O) groups is 1. The van der Waals surface area contributed by atoms with Gasteiger partial charge in [-0.3, -0.25) is 4.79 Å². The predicted molar refractivity (Wildman–Crippen MR) is 106 cm³/mol. The number of rotatable bonds is 2. The van der Waals surface area contributed by atoms with Gasteiger partial charge in [-0.2, -0.15) is 0 Å². The molecule has 2 saturated heterocycles. The highest BCUT2D eigenvalue weighted by Gasteiger charge is 2.41. The highest BCUT2D eigenvalue weighted by Crippen LogP contribution is 2.36. The van der Waals surface area contributed by atoms with Crippen molar-refractivity contribution < 1.29 is 18.7 Å². The molecule has 0 saturated carbocycles. The zero-order chi connectivity index (χ0) is 19.8. The van der Waals surface area contributed by atoms with Crippen LogP contribution in [0.5, 0.6) is 0 Å². The van der Waals surface area contributed by atoms with Gasteiger partial charge in [0.15, 0.2) is 0 Å². The maximum atomic E-state index is 13.5. The first kappa shape index (κ1) is 18.7. The van der Waals surface area contributed by atoms with Crippen LogP contribution < -0.4 is 5.32 Å². The summed E-state index contributed by atoms with van der Waals surface area (Å²) in [6.45, 7) is 2.53. The molecule has 5 nitrogen and oxygen atoms in total. The fraction of sp³-hybridized carbons (Fsp3) is 0.435. The van der Waals surface area contributed by atoms with Crippen molar-refractivity contribution in [2.45, 2.75) is 37.1 Å². The predicted octanol–water partition coefficient (Wildman–Crippen LogP) is 2.45. The average Bonchev–Trinajstić information content (AvgIpc) is 2.78. The van der Waals surface area contributed by atoms with E-state index in [1.807, 2.05) is 17.0 Å². The van der Waals surface area contributed by atoms with Crippen LogP contribution in [0.15, 0.2) is 48.5 Å². The Hall–Kier alpha value is -2.28. The Labute approximate surface area is 169 Å². The van der Waals surface area contributed by atoms with Gasteiger partial charge in [-0.1, -0.05) is 36.4 Å². The number of benzene rings is 2. The van der Waals surface area contributed by atoms with Crippen LogP contribution in [0.4, 0.5) is 4.39 Å². The Kier molecular flexibility index (Phi) is 5.08. The monoisotopic (exact) mass is 396 g/mol. The molecule has 5 rings (SSSR count). The molecular formula is C23H25FN2O3. The Bertz CT molecular complexity index is 888. The molecule has 29 heavy (non-hydrogen) atoms. The van der Waals surface area contributed by atoms with Crippen LogP contribution in [0.1, 0.15) is 29.2 Å². The lowest BCUT2D eigenvalue weighted by molar-refractivity contribution is -0.162. The molecule has 152 valence electrons. The summed E-state index contributed by atoms with van der Waals surface area (Å²) in [5.41, 5.74) is 3.25. The lowest BCUT2D eigenvalue weighted by atomic mass is 9.87. The second-order valence-electron chi connectivity index (χ2n) is 7.96. The van der Waals surface area contributed by atoms with E-state index in [0.717, 1.165) is 24.1 Å². The molecule has 3 heterocycles. The zero-order valence-corrected chi connectivity index (χ0v) is 16.2. The number of fused-ring (bicyclic) bond motifs is 2. The van der Waals surface area contributed by atoms with E-state index in [2.05, 4.69) is 17.4 Å². The van der Waals surface area contributed by atoms with E-state index in [1.54, 1.807) is 12.1 Å². The van der Waals surface area contributed by atoms with E-state index in [-0.39, 0.29) is 29.9 Å². The van der Waals surface area contributed by atoms with Gasteiger partial charge in [0.25, 0.3) is 5.91 Å². The van der Waals surface area contributed by atoms with Crippen LogP contribution in [-0.2, 0) is 20.7 Å². The lowest BCUT2D eigenvalue weighted by Gasteiger charge is -2.43. The molecule has 2 aromatic rings. The summed E-state index contributed by atoms with van der Waals surface area (Å²) in [7, 11) is 0. The Balaban J connectivity index is 1.44. The van der Waals surface area contributed by atoms with Crippen molar-refractivity contribution in [1.29, 1.82) is 0 Å². The standard InChI is InChI=1S/C23H25FN2O3/c24-17-7-5-16(6-8-17)22-18-4-2-1-3-15(18)9-11-26(22)23(27)20-13-19-21(14-29-20)28-12-10-25-19/h1-8,19-22,25H,9-14H2/t19-,20+,21+,22-/m0/s1. The fourth-order valence-corrected chi connectivity index (χ4v) is 4.78. The number of nitrogens with zero attached hydrogens (tertiary/aromatic N) is 1. The summed E-state index contributed by atoms with van der Waals surface area (Å²) in [5, 5.41) is 3.46. The number of ether oxygens (including phenoxy) is 2. The number of halogens is 1. The van der Waals surface area contributed by atoms with E-state index < -0.39 is 6.10 Å². The van der Waals surface area contributed by atoms with Crippen molar-refractivity contribution in [3.8, 4) is 0 Å². The SMILES string of the molecule is O=C([C@H]1C[C@@H]2NCCO[C@@H]2CO1)N1CCc2ccccc2[C@@H]1c1ccc(F)cc1. The largest absolute Gasteiger partial charge is 0.373 e. The summed E-state index contributed by atoms with van der Waals surface area (Å²) in [6.07, 6.45) is 0.943. The van der Waals surface area contributed by atoms with Gasteiger partial charge >= 0.3 is 0 Å². The topological polar surface area (TPSA) is 50.8 Å². The Morgan fingerprint density at radius 1 is 1.10 bits per heavy atom. The summed E-state index contributed by atoms with van der Waals surface area (Å²) in [6, 6.07) is 14.6. The van der Waals surface area contributed by atoms with Crippen LogP contribution in [0.2, 0.25) is 0 Å². The Morgan fingerprint density at radius 3 is 2.79 bits per heavy atom. The molecule has 6 heteroatoms. The summed E-state index contributed by atoms with van der Waals surface area (Å²) >= 11 is 0. The molecule has 0 aliphatic carbocycles. The minimum atomic E-state index is -0.487. The van der Waals surface area contributed by atoms with Crippen molar-refractivity contribution in [3.63, 3.8) is 0 Å². The minimum absolute atomic E-state index is 0.000323. The number of amides is 1. The number of hydrogen-bond donors (Lipinski definition) is 1. The quantitative estimate of drug-likeness (QED) is 0.847. The van der Waals surface area contributed by atoms with E-state index in [0.29, 0.717) is 26.2 Å². The van der Waals surface area contributed by atoms with Gasteiger partial charge in [0.2, 0.25) is 0 Å². The van der Waals surface area contributed by atoms with Crippen LogP contribution >= 0.6 is 0 Å². The first-order valence-electron chi connectivity index (χ1n) is 10.3. The molecule has 2 fully saturated rings. The van der Waals surface area contributed by atoms with Gasteiger partial charge in [-0.15, -0.1) is 0 Å². The van der Waals surface area contributed by atoms with Crippen molar-refractivity contribution in [2.24, 2.45) is 0 Å². The highest BCUT2D eigenvalue weighted by molar-refractivity contribution is 5.82. The second kappa shape index (κ2) is 7.86. The van der Waals surface area contributed by atoms with Gasteiger partial charge in [0.05, 0.1) is 25.4 Å². The van der Waals surface area contributed by atoms with E-state index in [9.17, 15) is 9.18 Å². The molecule has 1 amide bonds. The van der Waals surface area contributed by atoms with Gasteiger partial charge in [-0.25, -0.2) is 4.39 Å². The molecule has 0 spiro atoms. The molecular weight excluding hydrogens is 371 g/mol. The normalized spacial score (nSPS) is 29.1. The van der Waals surface area contributed by atoms with Crippen molar-refractivity contribution >= 4 is 5.91 Å². The molecule has 4 atom stereocenters. The van der Waals surface area contributed by atoms with Gasteiger partial charge in [0, 0.05) is 25.6 Å². The van der Waals surface area contributed by atoms with Crippen molar-refractivity contribution in [3.05, 3.63) is 71.0 Å². The Morgan fingerprint density at radius 2 is 1.93 bits per heavy atom. The van der Waals surface area contributed by atoms with Crippen LogP contribution in [0.3, 0.4) is 0 Å². The molecule has 0 bridgehead atoms. The summed E-state index contributed by atoms with van der Waals surface area (Å²) in [5.74, 6) is -0.277. The molecule has 0 radical (unpaired) electrons. The molecule has 3 aliphatic rings. The first-order chi connectivity index (χ1) is 14.2. The van der Waals surface area contributed by atoms with Gasteiger partial charge < -0.3 is 19.7 Å². The van der Waals surface area contributed by atoms with E-state index in [4.69, 9.17) is 9.47 Å². The molecule has 2 aromatic carbocycles. The number of morpholine rings is 1. The van der Waals surface area contributed by atoms with Crippen LogP contribution in [0, 0.1) is 5.82 Å². The van der Waals surface area contributed by atoms with E-state index >= 15 is 0 Å².